The van der Waals surface area contributed by atoms with E-state index in [-0.39, 0.29) is 35.3 Å². The van der Waals surface area contributed by atoms with Gasteiger partial charge < -0.3 is 21.9 Å². The van der Waals surface area contributed by atoms with Gasteiger partial charge in [-0.2, -0.15) is 4.98 Å². The van der Waals surface area contributed by atoms with Gasteiger partial charge >= 0.3 is 5.69 Å². The third kappa shape index (κ3) is 2.01. The van der Waals surface area contributed by atoms with E-state index in [1.165, 1.54) is 16.8 Å². The first-order valence-electron chi connectivity index (χ1n) is 8.55. The molecule has 2 atom stereocenters. The monoisotopic (exact) mass is 297 g/mol. The number of nitrogens with two attached hydrogens (primary N) is 2. The number of amides is 1. The fraction of sp³-hybridized carbons (Fsp3) is 0.273. The number of rotatable bonds is 4. The average Bonchev–Trinajstić information content (AvgIpc) is 3.06. The highest BCUT2D eigenvalue weighted by Gasteiger charge is 2.32. The second kappa shape index (κ2) is 4.59. The van der Waals surface area contributed by atoms with E-state index in [1.54, 1.807) is 0 Å². The molecule has 1 aliphatic heterocycles. The van der Waals surface area contributed by atoms with Crippen LogP contribution in [0.5, 0.6) is 0 Å². The minimum absolute atomic E-state index is 0.0820. The predicted octanol–water partition coefficient (Wildman–Crippen LogP) is -2.05. The van der Waals surface area contributed by atoms with Gasteiger partial charge in [-0.1, -0.05) is 0 Å². The summed E-state index contributed by atoms with van der Waals surface area (Å²) in [4.78, 5) is 31.8. The first-order valence-corrected chi connectivity index (χ1v) is 5.90. The molecular formula is C11H13N7O3. The zero-order valence-electron chi connectivity index (χ0n) is 16.4. The number of nitrogen functional groups attached to an aromatic ring is 1. The number of aromatic nitrogens is 4. The van der Waals surface area contributed by atoms with Crippen molar-refractivity contribution in [2.45, 2.75) is 12.3 Å². The lowest BCUT2D eigenvalue weighted by molar-refractivity contribution is 0.0960. The number of hydrogen-bond acceptors (Lipinski definition) is 7. The average molecular weight is 297 g/mol. The third-order valence-electron chi connectivity index (χ3n) is 3.11. The van der Waals surface area contributed by atoms with Crippen molar-refractivity contribution >= 4 is 17.5 Å². The summed E-state index contributed by atoms with van der Waals surface area (Å²) < 4.78 is 46.1. The van der Waals surface area contributed by atoms with E-state index < -0.39 is 23.9 Å². The molecule has 0 saturated carbocycles. The molecule has 3 rings (SSSR count). The number of primary amides is 1. The Morgan fingerprint density at radius 3 is 3.29 bits per heavy atom. The number of hydrogen-bond donors (Lipinski definition) is 4. The Labute approximate surface area is 126 Å². The number of nitrogens with zero attached hydrogens (tertiary/aromatic N) is 4. The van der Waals surface area contributed by atoms with Crippen molar-refractivity contribution in [1.82, 2.24) is 19.1 Å². The van der Waals surface area contributed by atoms with Crippen LogP contribution < -0.4 is 22.4 Å². The lowest BCUT2D eigenvalue weighted by Crippen LogP contribution is -2.44. The SMILES string of the molecule is [2H]O[C@H]1CN([2H])c2c(C(=O)N([2H])[2H])ncn2[C@H]1n1ccc(N([2H])[2H])nc1=O. The Balaban J connectivity index is 2.15. The Morgan fingerprint density at radius 1 is 1.67 bits per heavy atom. The predicted molar refractivity (Wildman–Crippen MR) is 72.6 cm³/mol. The molecule has 2 aromatic heterocycles. The van der Waals surface area contributed by atoms with Crippen molar-refractivity contribution in [3.8, 4) is 0 Å². The summed E-state index contributed by atoms with van der Waals surface area (Å²) >= 11 is 0. The van der Waals surface area contributed by atoms with Crippen LogP contribution in [0, 0.1) is 0 Å². The van der Waals surface area contributed by atoms with Crippen LogP contribution in [0.4, 0.5) is 11.6 Å². The summed E-state index contributed by atoms with van der Waals surface area (Å²) in [5, 5.41) is 5.45. The van der Waals surface area contributed by atoms with Crippen molar-refractivity contribution in [2.75, 3.05) is 17.6 Å². The number of imidazole rings is 1. The van der Waals surface area contributed by atoms with Gasteiger partial charge in [0.2, 0.25) is 1.43 Å². The maximum absolute atomic E-state index is 12.4. The first-order chi connectivity index (χ1) is 12.8. The summed E-state index contributed by atoms with van der Waals surface area (Å²) in [6.07, 6.45) is 0.301. The van der Waals surface area contributed by atoms with Crippen molar-refractivity contribution in [1.29, 1.82) is 1.43 Å². The topological polar surface area (TPSA) is 154 Å². The molecule has 110 valence electrons. The van der Waals surface area contributed by atoms with Crippen LogP contribution in [-0.4, -0.2) is 44.2 Å². The van der Waals surface area contributed by atoms with Gasteiger partial charge in [0.05, 0.1) is 6.33 Å². The van der Waals surface area contributed by atoms with Crippen LogP contribution in [-0.2, 0) is 0 Å². The summed E-state index contributed by atoms with van der Waals surface area (Å²) in [5.74, 6) is -1.38. The molecule has 0 spiro atoms. The van der Waals surface area contributed by atoms with Gasteiger partial charge in [0.25, 0.3) is 5.91 Å². The van der Waals surface area contributed by atoms with E-state index >= 15 is 0 Å². The maximum Gasteiger partial charge on any atom is 0.351 e. The molecule has 0 bridgehead atoms. The highest BCUT2D eigenvalue weighted by atomic mass is 16.3. The molecule has 3 heterocycles. The standard InChI is InChI=1S/C11H13N7O3/c12-6-1-2-17(11(21)16-6)10-5(19)3-14-9-7(8(13)20)15-4-18(9)10/h1-2,4-5,10,14,19H,3H2,(H2,13,20)(H2,12,16,21)/t5-,10+/m0/s1/i19D/hD5. The lowest BCUT2D eigenvalue weighted by Gasteiger charge is -2.32. The Hall–Kier alpha value is -2.88. The maximum atomic E-state index is 12.4. The fourth-order valence-electron chi connectivity index (χ4n) is 2.22. The molecule has 0 saturated heterocycles. The molecular weight excluding hydrogens is 278 g/mol. The Bertz CT molecular complexity index is 918. The molecule has 10 heteroatoms. The van der Waals surface area contributed by atoms with E-state index in [4.69, 9.17) is 8.49 Å². The molecule has 0 radical (unpaired) electrons. The van der Waals surface area contributed by atoms with E-state index in [1.807, 2.05) is 0 Å². The normalized spacial score (nSPS) is 24.7. The summed E-state index contributed by atoms with van der Waals surface area (Å²) in [5.41, 5.74) is -1.21. The van der Waals surface area contributed by atoms with Crippen LogP contribution in [0.15, 0.2) is 23.4 Å². The van der Waals surface area contributed by atoms with Crippen molar-refractivity contribution in [2.24, 2.45) is 5.72 Å². The fourth-order valence-corrected chi connectivity index (χ4v) is 2.22. The van der Waals surface area contributed by atoms with Gasteiger partial charge in [0.15, 0.2) is 12.8 Å². The highest BCUT2D eigenvalue weighted by molar-refractivity contribution is 5.95. The second-order valence-corrected chi connectivity index (χ2v) is 4.40. The van der Waals surface area contributed by atoms with Crippen LogP contribution in [0.3, 0.4) is 0 Å². The lowest BCUT2D eigenvalue weighted by atomic mass is 10.2. The molecule has 10 nitrogen and oxygen atoms in total. The van der Waals surface area contributed by atoms with Gasteiger partial charge in [-0.05, 0) is 6.07 Å². The molecule has 1 aliphatic rings. The van der Waals surface area contributed by atoms with Crippen molar-refractivity contribution in [3.63, 3.8) is 0 Å². The zero-order chi connectivity index (χ0) is 19.9. The molecule has 0 unspecified atom stereocenters. The van der Waals surface area contributed by atoms with Gasteiger partial charge in [-0.3, -0.25) is 13.9 Å². The number of carbonyl (C=O) groups excluding carboxylic acids is 1. The molecule has 6 N–H and O–H groups in total. The Kier molecular flexibility index (Phi) is 1.70. The summed E-state index contributed by atoms with van der Waals surface area (Å²) in [6, 6.07) is 1.23. The van der Waals surface area contributed by atoms with E-state index in [9.17, 15) is 9.59 Å². The van der Waals surface area contributed by atoms with Gasteiger partial charge in [-0.25, -0.2) is 9.78 Å². The minimum Gasteiger partial charge on any atom is -0.387 e. The van der Waals surface area contributed by atoms with Crippen LogP contribution in [0.1, 0.15) is 16.7 Å². The Morgan fingerprint density at radius 2 is 2.57 bits per heavy atom. The number of nitrogens with one attached hydrogen (secondary N) is 1. The van der Waals surface area contributed by atoms with Gasteiger partial charge in [0, 0.05) is 12.7 Å². The van der Waals surface area contributed by atoms with Crippen molar-refractivity contribution in [3.05, 3.63) is 34.8 Å². The highest BCUT2D eigenvalue weighted by Crippen LogP contribution is 2.27. The van der Waals surface area contributed by atoms with Crippen LogP contribution >= 0.6 is 0 Å². The number of carbonyl (C=O) groups is 1. The number of anilines is 2. The zero-order valence-corrected chi connectivity index (χ0v) is 10.4. The smallest absolute Gasteiger partial charge is 0.351 e. The summed E-state index contributed by atoms with van der Waals surface area (Å²) in [7, 11) is 0. The van der Waals surface area contributed by atoms with Gasteiger partial charge in [-0.15, -0.1) is 0 Å². The number of fused-ring (bicyclic) bond motifs is 1. The van der Waals surface area contributed by atoms with Gasteiger partial charge in [0.1, 0.15) is 23.9 Å². The first kappa shape index (κ1) is 7.78. The van der Waals surface area contributed by atoms with E-state index in [0.717, 1.165) is 16.2 Å². The van der Waals surface area contributed by atoms with Crippen LogP contribution in [0.2, 0.25) is 7.06 Å². The second-order valence-electron chi connectivity index (χ2n) is 4.40. The van der Waals surface area contributed by atoms with E-state index in [2.05, 4.69) is 15.1 Å². The largest absolute Gasteiger partial charge is 0.387 e. The molecule has 0 fully saturated rings. The summed E-state index contributed by atoms with van der Waals surface area (Å²) in [6.45, 7) is -0.215. The number of β-amino-alcohol motifs (C(OH)–C–C–N with tert-alkyl or cyclic N) is 1. The molecule has 0 aliphatic carbocycles. The number of aliphatic hydroxyl groups excluding tert-OH is 1. The van der Waals surface area contributed by atoms with E-state index in [0.29, 0.717) is 0 Å². The number of aliphatic hydroxyl groups is 1. The quantitative estimate of drug-likeness (QED) is 0.506. The molecule has 1 amide bonds. The van der Waals surface area contributed by atoms with Crippen molar-refractivity contribution < 1.29 is 17.0 Å². The third-order valence-corrected chi connectivity index (χ3v) is 3.11. The molecule has 0 aromatic carbocycles. The van der Waals surface area contributed by atoms with Crippen LogP contribution in [0.25, 0.3) is 0 Å². The molecule has 2 aromatic rings. The molecule has 21 heavy (non-hydrogen) atoms. The minimum atomic E-state index is -1.08.